The average Bonchev–Trinajstić information content (AvgIpc) is 2.75. The number of primary amides is 1. The van der Waals surface area contributed by atoms with E-state index < -0.39 is 15.9 Å². The van der Waals surface area contributed by atoms with Crippen LogP contribution in [0, 0.1) is 13.8 Å². The molecule has 2 aromatic rings. The van der Waals surface area contributed by atoms with Crippen LogP contribution in [-0.4, -0.2) is 14.3 Å². The van der Waals surface area contributed by atoms with Crippen molar-refractivity contribution in [3.8, 4) is 0 Å². The topological polar surface area (TPSA) is 89.3 Å². The summed E-state index contributed by atoms with van der Waals surface area (Å²) in [5.41, 5.74) is 6.50. The summed E-state index contributed by atoms with van der Waals surface area (Å²) in [5.74, 6) is -0.629. The van der Waals surface area contributed by atoms with Crippen LogP contribution >= 0.6 is 11.3 Å². The number of sulfonamides is 1. The van der Waals surface area contributed by atoms with Gasteiger partial charge in [0.1, 0.15) is 4.90 Å². The van der Waals surface area contributed by atoms with E-state index in [9.17, 15) is 13.2 Å². The predicted molar refractivity (Wildman–Crippen MR) is 79.6 cm³/mol. The van der Waals surface area contributed by atoms with Crippen LogP contribution in [-0.2, 0) is 10.0 Å². The van der Waals surface area contributed by atoms with Gasteiger partial charge in [0.2, 0.25) is 0 Å². The first-order valence-electron chi connectivity index (χ1n) is 5.80. The second-order valence-corrected chi connectivity index (χ2v) is 7.22. The van der Waals surface area contributed by atoms with Gasteiger partial charge in [-0.05, 0) is 31.5 Å². The summed E-state index contributed by atoms with van der Waals surface area (Å²) in [6.45, 7) is 3.46. The summed E-state index contributed by atoms with van der Waals surface area (Å²) in [5, 5.41) is 0. The standard InChI is InChI=1S/C13H14N2O3S2/c1-8-5-3-4-6-10(8)15-20(17,18)12-7-11(13(14)16)19-9(12)2/h3-7,15H,1-2H3,(H2,14,16). The Balaban J connectivity index is 2.41. The molecule has 106 valence electrons. The van der Waals surface area contributed by atoms with Gasteiger partial charge in [-0.3, -0.25) is 9.52 Å². The summed E-state index contributed by atoms with van der Waals surface area (Å²) >= 11 is 1.07. The molecule has 1 aromatic heterocycles. The van der Waals surface area contributed by atoms with Crippen LogP contribution in [0.5, 0.6) is 0 Å². The van der Waals surface area contributed by atoms with Gasteiger partial charge in [0, 0.05) is 4.88 Å². The molecule has 1 aromatic carbocycles. The lowest BCUT2D eigenvalue weighted by Gasteiger charge is -2.09. The Hall–Kier alpha value is -1.86. The zero-order valence-electron chi connectivity index (χ0n) is 11.0. The van der Waals surface area contributed by atoms with Gasteiger partial charge in [-0.1, -0.05) is 18.2 Å². The zero-order valence-corrected chi connectivity index (χ0v) is 12.6. The molecule has 0 bridgehead atoms. The predicted octanol–water partition coefficient (Wildman–Crippen LogP) is 2.26. The third-order valence-corrected chi connectivity index (χ3v) is 5.48. The molecule has 0 aliphatic rings. The first-order chi connectivity index (χ1) is 9.31. The van der Waals surface area contributed by atoms with Gasteiger partial charge in [-0.25, -0.2) is 8.42 Å². The van der Waals surface area contributed by atoms with E-state index in [1.54, 1.807) is 19.1 Å². The fraction of sp³-hybridized carbons (Fsp3) is 0.154. The smallest absolute Gasteiger partial charge is 0.263 e. The highest BCUT2D eigenvalue weighted by molar-refractivity contribution is 7.93. The van der Waals surface area contributed by atoms with E-state index in [1.165, 1.54) is 6.07 Å². The number of carbonyl (C=O) groups excluding carboxylic acids is 1. The Bertz CT molecular complexity index is 764. The Kier molecular flexibility index (Phi) is 3.82. The van der Waals surface area contributed by atoms with Crippen LogP contribution < -0.4 is 10.5 Å². The molecule has 0 saturated heterocycles. The van der Waals surface area contributed by atoms with Gasteiger partial charge in [-0.15, -0.1) is 11.3 Å². The number of amides is 1. The molecule has 0 saturated carbocycles. The SMILES string of the molecule is Cc1ccccc1NS(=O)(=O)c1cc(C(N)=O)sc1C. The van der Waals surface area contributed by atoms with E-state index in [2.05, 4.69) is 4.72 Å². The molecule has 1 heterocycles. The van der Waals surface area contributed by atoms with Gasteiger partial charge in [0.15, 0.2) is 0 Å². The molecule has 0 aliphatic carbocycles. The van der Waals surface area contributed by atoms with Gasteiger partial charge in [0.25, 0.3) is 15.9 Å². The van der Waals surface area contributed by atoms with Crippen molar-refractivity contribution >= 4 is 33.0 Å². The van der Waals surface area contributed by atoms with Gasteiger partial charge in [0.05, 0.1) is 10.6 Å². The number of benzene rings is 1. The molecule has 2 rings (SSSR count). The molecule has 0 atom stereocenters. The molecule has 1 amide bonds. The minimum absolute atomic E-state index is 0.0829. The van der Waals surface area contributed by atoms with Crippen LogP contribution in [0.1, 0.15) is 20.1 Å². The van der Waals surface area contributed by atoms with E-state index in [4.69, 9.17) is 5.73 Å². The van der Waals surface area contributed by atoms with Crippen LogP contribution in [0.25, 0.3) is 0 Å². The van der Waals surface area contributed by atoms with Crippen molar-refractivity contribution in [3.63, 3.8) is 0 Å². The maximum atomic E-state index is 12.4. The molecular formula is C13H14N2O3S2. The monoisotopic (exact) mass is 310 g/mol. The number of rotatable bonds is 4. The highest BCUT2D eigenvalue weighted by Crippen LogP contribution is 2.27. The largest absolute Gasteiger partial charge is 0.365 e. The zero-order chi connectivity index (χ0) is 14.9. The number of para-hydroxylation sites is 1. The molecule has 3 N–H and O–H groups in total. The third kappa shape index (κ3) is 2.83. The van der Waals surface area contributed by atoms with Crippen molar-refractivity contribution < 1.29 is 13.2 Å². The molecule has 0 aliphatic heterocycles. The lowest BCUT2D eigenvalue weighted by molar-refractivity contribution is 0.100. The number of hydrogen-bond acceptors (Lipinski definition) is 4. The third-order valence-electron chi connectivity index (χ3n) is 2.79. The first-order valence-corrected chi connectivity index (χ1v) is 8.10. The summed E-state index contributed by atoms with van der Waals surface area (Å²) in [7, 11) is -3.73. The highest BCUT2D eigenvalue weighted by Gasteiger charge is 2.22. The maximum absolute atomic E-state index is 12.4. The van der Waals surface area contributed by atoms with E-state index >= 15 is 0 Å². The number of thiophene rings is 1. The van der Waals surface area contributed by atoms with Crippen LogP contribution in [0.2, 0.25) is 0 Å². The van der Waals surface area contributed by atoms with Crippen molar-refractivity contribution in [1.82, 2.24) is 0 Å². The average molecular weight is 310 g/mol. The molecule has 20 heavy (non-hydrogen) atoms. The Morgan fingerprint density at radius 1 is 1.25 bits per heavy atom. The number of nitrogens with two attached hydrogens (primary N) is 1. The Labute approximate surface area is 121 Å². The number of nitrogens with one attached hydrogen (secondary N) is 1. The van der Waals surface area contributed by atoms with E-state index in [1.807, 2.05) is 19.1 Å². The first kappa shape index (κ1) is 14.5. The number of anilines is 1. The Morgan fingerprint density at radius 3 is 2.45 bits per heavy atom. The van der Waals surface area contributed by atoms with Crippen LogP contribution in [0.15, 0.2) is 35.2 Å². The van der Waals surface area contributed by atoms with E-state index in [-0.39, 0.29) is 9.77 Å². The molecule has 0 fully saturated rings. The fourth-order valence-corrected chi connectivity index (χ4v) is 4.32. The van der Waals surface area contributed by atoms with Crippen molar-refractivity contribution in [2.75, 3.05) is 4.72 Å². The minimum atomic E-state index is -3.73. The second kappa shape index (κ2) is 5.26. The number of aryl methyl sites for hydroxylation is 2. The highest BCUT2D eigenvalue weighted by atomic mass is 32.2. The summed E-state index contributed by atoms with van der Waals surface area (Å²) in [6, 6.07) is 8.38. The molecule has 0 radical (unpaired) electrons. The number of hydrogen-bond donors (Lipinski definition) is 2. The quantitative estimate of drug-likeness (QED) is 0.907. The van der Waals surface area contributed by atoms with Gasteiger partial charge < -0.3 is 5.73 Å². The van der Waals surface area contributed by atoms with Crippen molar-refractivity contribution in [2.24, 2.45) is 5.73 Å². The van der Waals surface area contributed by atoms with Crippen molar-refractivity contribution in [3.05, 3.63) is 45.6 Å². The maximum Gasteiger partial charge on any atom is 0.263 e. The van der Waals surface area contributed by atoms with Gasteiger partial charge in [-0.2, -0.15) is 0 Å². The minimum Gasteiger partial charge on any atom is -0.365 e. The van der Waals surface area contributed by atoms with E-state index in [0.29, 0.717) is 10.6 Å². The fourth-order valence-electron chi connectivity index (χ4n) is 1.74. The lowest BCUT2D eigenvalue weighted by atomic mass is 10.2. The van der Waals surface area contributed by atoms with Crippen LogP contribution in [0.3, 0.4) is 0 Å². The molecule has 0 unspecified atom stereocenters. The number of carbonyl (C=O) groups is 1. The second-order valence-electron chi connectivity index (χ2n) is 4.32. The summed E-state index contributed by atoms with van der Waals surface area (Å²) in [6.07, 6.45) is 0. The molecular weight excluding hydrogens is 296 g/mol. The summed E-state index contributed by atoms with van der Waals surface area (Å²) in [4.78, 5) is 12.0. The lowest BCUT2D eigenvalue weighted by Crippen LogP contribution is -2.14. The normalized spacial score (nSPS) is 11.3. The molecule has 0 spiro atoms. The molecule has 7 heteroatoms. The van der Waals surface area contributed by atoms with Crippen molar-refractivity contribution in [2.45, 2.75) is 18.7 Å². The van der Waals surface area contributed by atoms with Crippen molar-refractivity contribution in [1.29, 1.82) is 0 Å². The van der Waals surface area contributed by atoms with Crippen LogP contribution in [0.4, 0.5) is 5.69 Å². The Morgan fingerprint density at radius 2 is 1.90 bits per heavy atom. The van der Waals surface area contributed by atoms with Gasteiger partial charge >= 0.3 is 0 Å². The summed E-state index contributed by atoms with van der Waals surface area (Å²) < 4.78 is 27.2. The molecule has 5 nitrogen and oxygen atoms in total. The van der Waals surface area contributed by atoms with E-state index in [0.717, 1.165) is 16.9 Å².